The lowest BCUT2D eigenvalue weighted by molar-refractivity contribution is 0.0596. The van der Waals surface area contributed by atoms with Crippen LogP contribution in [0.25, 0.3) is 5.52 Å². The molecule has 19 heavy (non-hydrogen) atoms. The number of hydrogen-bond donors (Lipinski definition) is 2. The number of hydrogen-bond acceptors (Lipinski definition) is 5. The van der Waals surface area contributed by atoms with Crippen molar-refractivity contribution in [1.29, 1.82) is 0 Å². The molecule has 0 saturated carbocycles. The Balaban J connectivity index is 2.08. The van der Waals surface area contributed by atoms with Gasteiger partial charge in [0, 0.05) is 18.7 Å². The van der Waals surface area contributed by atoms with Crippen LogP contribution in [0.5, 0.6) is 5.75 Å². The Morgan fingerprint density at radius 2 is 2.42 bits per heavy atom. The number of carbonyl (C=O) groups excluding carboxylic acids is 1. The number of carbonyl (C=O) groups is 1. The number of nitrogens with one attached hydrogen (secondary N) is 1. The number of imidazole rings is 1. The van der Waals surface area contributed by atoms with Gasteiger partial charge in [-0.15, -0.1) is 0 Å². The topological polar surface area (TPSA) is 75.9 Å². The molecule has 6 nitrogen and oxygen atoms in total. The Morgan fingerprint density at radius 1 is 1.63 bits per heavy atom. The van der Waals surface area contributed by atoms with E-state index in [1.165, 1.54) is 13.2 Å². The Kier molecular flexibility index (Phi) is 2.87. The van der Waals surface area contributed by atoms with Crippen LogP contribution in [0.3, 0.4) is 0 Å². The molecule has 6 heteroatoms. The molecule has 3 rings (SSSR count). The highest BCUT2D eigenvalue weighted by Crippen LogP contribution is 2.21. The highest BCUT2D eigenvalue weighted by atomic mass is 16.5. The monoisotopic (exact) mass is 261 g/mol. The molecule has 2 N–H and O–H groups in total. The van der Waals surface area contributed by atoms with Crippen LogP contribution in [-0.2, 0) is 11.2 Å². The van der Waals surface area contributed by atoms with Crippen LogP contribution in [0, 0.1) is 5.92 Å². The highest BCUT2D eigenvalue weighted by Gasteiger charge is 2.23. The molecule has 1 saturated heterocycles. The molecule has 1 aliphatic heterocycles. The van der Waals surface area contributed by atoms with Crippen molar-refractivity contribution >= 4 is 11.5 Å². The minimum absolute atomic E-state index is 0.106. The first-order valence-corrected chi connectivity index (χ1v) is 6.18. The van der Waals surface area contributed by atoms with E-state index in [1.54, 1.807) is 12.3 Å². The second-order valence-electron chi connectivity index (χ2n) is 4.74. The predicted molar refractivity (Wildman–Crippen MR) is 68.3 cm³/mol. The number of aromatic nitrogens is 2. The van der Waals surface area contributed by atoms with Crippen LogP contribution in [0.15, 0.2) is 18.3 Å². The predicted octanol–water partition coefficient (Wildman–Crippen LogP) is 0.588. The normalized spacial score (nSPS) is 15.4. The number of aromatic hydroxyl groups is 1. The molecule has 0 aromatic carbocycles. The largest absolute Gasteiger partial charge is 0.508 e. The number of fused-ring (bicyclic) bond motifs is 1. The first kappa shape index (κ1) is 12.0. The lowest BCUT2D eigenvalue weighted by Gasteiger charge is -2.26. The fraction of sp³-hybridized carbons (Fsp3) is 0.385. The van der Waals surface area contributed by atoms with Gasteiger partial charge in [0.25, 0.3) is 0 Å². The number of rotatable bonds is 3. The van der Waals surface area contributed by atoms with Crippen molar-refractivity contribution in [3.63, 3.8) is 0 Å². The molecule has 0 amide bonds. The summed E-state index contributed by atoms with van der Waals surface area (Å²) in [4.78, 5) is 16.1. The molecule has 0 unspecified atom stereocenters. The van der Waals surface area contributed by atoms with Gasteiger partial charge in [0.15, 0.2) is 5.69 Å². The fourth-order valence-electron chi connectivity index (χ4n) is 2.28. The molecule has 100 valence electrons. The van der Waals surface area contributed by atoms with Crippen LogP contribution >= 0.6 is 0 Å². The summed E-state index contributed by atoms with van der Waals surface area (Å²) < 4.78 is 6.57. The number of nitrogens with zero attached hydrogens (tertiary/aromatic N) is 2. The molecular weight excluding hydrogens is 246 g/mol. The Morgan fingerprint density at radius 3 is 3.05 bits per heavy atom. The van der Waals surface area contributed by atoms with Gasteiger partial charge in [-0.05, 0) is 25.1 Å². The first-order valence-electron chi connectivity index (χ1n) is 6.18. The number of methoxy groups -OCH3 is 1. The quantitative estimate of drug-likeness (QED) is 0.791. The summed E-state index contributed by atoms with van der Waals surface area (Å²) in [6, 6.07) is 3.11. The summed E-state index contributed by atoms with van der Waals surface area (Å²) in [5, 5.41) is 12.8. The number of pyridine rings is 1. The summed E-state index contributed by atoms with van der Waals surface area (Å²) in [7, 11) is 1.33. The Hall–Kier alpha value is -2.08. The second kappa shape index (κ2) is 4.55. The van der Waals surface area contributed by atoms with Gasteiger partial charge in [0.2, 0.25) is 0 Å². The summed E-state index contributed by atoms with van der Waals surface area (Å²) in [6.07, 6.45) is 2.53. The van der Waals surface area contributed by atoms with Crippen LogP contribution in [0.4, 0.5) is 0 Å². The number of ether oxygens (including phenoxy) is 1. The van der Waals surface area contributed by atoms with Gasteiger partial charge in [-0.1, -0.05) is 0 Å². The van der Waals surface area contributed by atoms with Gasteiger partial charge in [-0.2, -0.15) is 0 Å². The van der Waals surface area contributed by atoms with Crippen molar-refractivity contribution in [2.24, 2.45) is 5.92 Å². The molecule has 1 aliphatic rings. The molecule has 2 aromatic rings. The van der Waals surface area contributed by atoms with Gasteiger partial charge in [-0.3, -0.25) is 0 Å². The van der Waals surface area contributed by atoms with E-state index in [4.69, 9.17) is 4.74 Å². The van der Waals surface area contributed by atoms with Gasteiger partial charge < -0.3 is 19.6 Å². The van der Waals surface area contributed by atoms with E-state index in [0.29, 0.717) is 11.4 Å². The third kappa shape index (κ3) is 2.04. The maximum atomic E-state index is 11.7. The molecule has 2 aromatic heterocycles. The van der Waals surface area contributed by atoms with Crippen LogP contribution in [-0.4, -0.2) is 40.7 Å². The molecule has 0 bridgehead atoms. The lowest BCUT2D eigenvalue weighted by atomic mass is 9.99. The molecular formula is C13H15N3O3. The average molecular weight is 261 g/mol. The Labute approximate surface area is 110 Å². The molecule has 1 fully saturated rings. The maximum Gasteiger partial charge on any atom is 0.358 e. The second-order valence-corrected chi connectivity index (χ2v) is 4.74. The molecule has 3 heterocycles. The average Bonchev–Trinajstić information content (AvgIpc) is 2.71. The SMILES string of the molecule is COC(=O)c1nc(CC2CNC2)n2ccc(O)cc12. The number of esters is 1. The van der Waals surface area contributed by atoms with Gasteiger partial charge in [-0.25, -0.2) is 9.78 Å². The summed E-state index contributed by atoms with van der Waals surface area (Å²) in [6.45, 7) is 1.95. The van der Waals surface area contributed by atoms with Crippen LogP contribution < -0.4 is 5.32 Å². The summed E-state index contributed by atoms with van der Waals surface area (Å²) in [5.41, 5.74) is 0.829. The van der Waals surface area contributed by atoms with Gasteiger partial charge in [0.1, 0.15) is 11.6 Å². The van der Waals surface area contributed by atoms with Gasteiger partial charge in [0.05, 0.1) is 12.6 Å². The molecule has 0 aliphatic carbocycles. The summed E-state index contributed by atoms with van der Waals surface area (Å²) in [5.74, 6) is 0.988. The summed E-state index contributed by atoms with van der Waals surface area (Å²) >= 11 is 0. The first-order chi connectivity index (χ1) is 9.19. The maximum absolute atomic E-state index is 11.7. The zero-order chi connectivity index (χ0) is 13.4. The van der Waals surface area contributed by atoms with Crippen molar-refractivity contribution in [3.8, 4) is 5.75 Å². The Bertz CT molecular complexity index is 631. The van der Waals surface area contributed by atoms with E-state index >= 15 is 0 Å². The van der Waals surface area contributed by atoms with E-state index in [-0.39, 0.29) is 11.4 Å². The van der Waals surface area contributed by atoms with Crippen molar-refractivity contribution in [2.45, 2.75) is 6.42 Å². The lowest BCUT2D eigenvalue weighted by Crippen LogP contribution is -2.43. The highest BCUT2D eigenvalue weighted by molar-refractivity contribution is 5.95. The zero-order valence-corrected chi connectivity index (χ0v) is 10.6. The van der Waals surface area contributed by atoms with Crippen LogP contribution in [0.1, 0.15) is 16.3 Å². The smallest absolute Gasteiger partial charge is 0.358 e. The van der Waals surface area contributed by atoms with E-state index in [2.05, 4.69) is 10.3 Å². The minimum atomic E-state index is -0.485. The van der Waals surface area contributed by atoms with Crippen molar-refractivity contribution in [3.05, 3.63) is 29.8 Å². The van der Waals surface area contributed by atoms with Crippen molar-refractivity contribution in [2.75, 3.05) is 20.2 Å². The molecule has 0 spiro atoms. The van der Waals surface area contributed by atoms with Crippen molar-refractivity contribution < 1.29 is 14.6 Å². The van der Waals surface area contributed by atoms with Crippen LogP contribution in [0.2, 0.25) is 0 Å². The minimum Gasteiger partial charge on any atom is -0.508 e. The molecule has 0 radical (unpaired) electrons. The van der Waals surface area contributed by atoms with E-state index in [0.717, 1.165) is 25.3 Å². The third-order valence-electron chi connectivity index (χ3n) is 3.42. The molecule has 0 atom stereocenters. The van der Waals surface area contributed by atoms with E-state index in [9.17, 15) is 9.90 Å². The third-order valence-corrected chi connectivity index (χ3v) is 3.42. The standard InChI is InChI=1S/C13H15N3O3/c1-19-13(18)12-10-5-9(17)2-3-16(10)11(15-12)4-8-6-14-7-8/h2-3,5,8,14,17H,4,6-7H2,1H3. The van der Waals surface area contributed by atoms with Crippen molar-refractivity contribution in [1.82, 2.24) is 14.7 Å². The zero-order valence-electron chi connectivity index (χ0n) is 10.6. The van der Waals surface area contributed by atoms with E-state index in [1.807, 2.05) is 4.40 Å². The van der Waals surface area contributed by atoms with E-state index < -0.39 is 5.97 Å². The van der Waals surface area contributed by atoms with Gasteiger partial charge >= 0.3 is 5.97 Å². The fourth-order valence-corrected chi connectivity index (χ4v) is 2.28.